The topological polar surface area (TPSA) is 76.7 Å². The Kier molecular flexibility index (Phi) is 3.57. The van der Waals surface area contributed by atoms with E-state index in [0.717, 1.165) is 22.6 Å². The third-order valence-corrected chi connectivity index (χ3v) is 4.05. The molecular formula is C18H16N2O4. The van der Waals surface area contributed by atoms with Gasteiger partial charge in [0.15, 0.2) is 11.5 Å². The van der Waals surface area contributed by atoms with E-state index in [0.29, 0.717) is 37.5 Å². The van der Waals surface area contributed by atoms with Gasteiger partial charge >= 0.3 is 0 Å². The maximum absolute atomic E-state index is 12.3. The Bertz CT molecular complexity index is 832. The maximum Gasteiger partial charge on any atom is 0.251 e. The summed E-state index contributed by atoms with van der Waals surface area (Å²) in [7, 11) is 0. The van der Waals surface area contributed by atoms with Crippen LogP contribution in [0.5, 0.6) is 11.5 Å². The fraction of sp³-hybridized carbons (Fsp3) is 0.222. The highest BCUT2D eigenvalue weighted by Crippen LogP contribution is 2.30. The quantitative estimate of drug-likeness (QED) is 0.904. The Morgan fingerprint density at radius 1 is 1.08 bits per heavy atom. The van der Waals surface area contributed by atoms with E-state index in [1.165, 1.54) is 0 Å². The average molecular weight is 324 g/mol. The Balaban J connectivity index is 1.43. The summed E-state index contributed by atoms with van der Waals surface area (Å²) in [5, 5.41) is 5.64. The minimum atomic E-state index is -0.174. The molecule has 2 aliphatic heterocycles. The summed E-state index contributed by atoms with van der Waals surface area (Å²) in [6.07, 6.45) is 0.318. The van der Waals surface area contributed by atoms with Crippen LogP contribution in [0.15, 0.2) is 36.4 Å². The number of rotatable bonds is 3. The van der Waals surface area contributed by atoms with Gasteiger partial charge in [0.2, 0.25) is 5.91 Å². The molecule has 122 valence electrons. The molecule has 6 nitrogen and oxygen atoms in total. The highest BCUT2D eigenvalue weighted by Gasteiger charge is 2.19. The molecule has 2 aromatic carbocycles. The lowest BCUT2D eigenvalue weighted by Gasteiger charge is -2.19. The Labute approximate surface area is 138 Å². The largest absolute Gasteiger partial charge is 0.486 e. The van der Waals surface area contributed by atoms with Gasteiger partial charge in [-0.3, -0.25) is 9.59 Å². The first-order valence-electron chi connectivity index (χ1n) is 7.78. The van der Waals surface area contributed by atoms with E-state index in [4.69, 9.17) is 9.47 Å². The van der Waals surface area contributed by atoms with Crippen LogP contribution in [0.4, 0.5) is 5.69 Å². The minimum absolute atomic E-state index is 0.0427. The standard InChI is InChI=1S/C18H16N2O4/c21-17-9-13-8-12(2-3-14(13)20-17)18(22)19-10-11-1-4-15-16(7-11)24-6-5-23-15/h1-4,7-8H,5-6,9-10H2,(H,19,22)(H,20,21). The zero-order valence-corrected chi connectivity index (χ0v) is 12.9. The number of carbonyl (C=O) groups is 2. The van der Waals surface area contributed by atoms with Crippen LogP contribution in [0.25, 0.3) is 0 Å². The maximum atomic E-state index is 12.3. The van der Waals surface area contributed by atoms with Crippen LogP contribution in [0, 0.1) is 0 Å². The summed E-state index contributed by atoms with van der Waals surface area (Å²) in [4.78, 5) is 23.7. The van der Waals surface area contributed by atoms with Gasteiger partial charge in [-0.2, -0.15) is 0 Å². The number of hydrogen-bond acceptors (Lipinski definition) is 4. The van der Waals surface area contributed by atoms with E-state index < -0.39 is 0 Å². The second-order valence-electron chi connectivity index (χ2n) is 5.76. The van der Waals surface area contributed by atoms with Crippen molar-refractivity contribution < 1.29 is 19.1 Å². The number of anilines is 1. The number of amides is 2. The van der Waals surface area contributed by atoms with Crippen molar-refractivity contribution in [2.45, 2.75) is 13.0 Å². The van der Waals surface area contributed by atoms with Gasteiger partial charge in [-0.25, -0.2) is 0 Å². The van der Waals surface area contributed by atoms with Gasteiger partial charge in [0.25, 0.3) is 5.91 Å². The average Bonchev–Trinajstić information content (AvgIpc) is 2.98. The Morgan fingerprint density at radius 3 is 2.79 bits per heavy atom. The fourth-order valence-corrected chi connectivity index (χ4v) is 2.85. The molecule has 0 radical (unpaired) electrons. The van der Waals surface area contributed by atoms with E-state index >= 15 is 0 Å². The molecule has 0 atom stereocenters. The predicted molar refractivity (Wildman–Crippen MR) is 87.4 cm³/mol. The van der Waals surface area contributed by atoms with E-state index in [9.17, 15) is 9.59 Å². The second kappa shape index (κ2) is 5.88. The van der Waals surface area contributed by atoms with Crippen LogP contribution in [0.1, 0.15) is 21.5 Å². The van der Waals surface area contributed by atoms with Crippen molar-refractivity contribution in [3.05, 3.63) is 53.1 Å². The van der Waals surface area contributed by atoms with Gasteiger partial charge in [-0.05, 0) is 41.5 Å². The molecule has 0 aliphatic carbocycles. The van der Waals surface area contributed by atoms with Crippen molar-refractivity contribution in [1.82, 2.24) is 5.32 Å². The third-order valence-electron chi connectivity index (χ3n) is 4.05. The minimum Gasteiger partial charge on any atom is -0.486 e. The number of ether oxygens (including phenoxy) is 2. The summed E-state index contributed by atoms with van der Waals surface area (Å²) in [6.45, 7) is 1.48. The molecule has 2 aliphatic rings. The predicted octanol–water partition coefficient (Wildman–Crippen LogP) is 1.88. The Morgan fingerprint density at radius 2 is 1.92 bits per heavy atom. The van der Waals surface area contributed by atoms with Crippen molar-refractivity contribution in [2.75, 3.05) is 18.5 Å². The highest BCUT2D eigenvalue weighted by atomic mass is 16.6. The van der Waals surface area contributed by atoms with Gasteiger partial charge in [0, 0.05) is 17.8 Å². The Hall–Kier alpha value is -3.02. The molecule has 24 heavy (non-hydrogen) atoms. The van der Waals surface area contributed by atoms with Crippen molar-refractivity contribution >= 4 is 17.5 Å². The van der Waals surface area contributed by atoms with Gasteiger partial charge < -0.3 is 20.1 Å². The third kappa shape index (κ3) is 2.78. The van der Waals surface area contributed by atoms with Crippen LogP contribution in [-0.4, -0.2) is 25.0 Å². The zero-order chi connectivity index (χ0) is 16.5. The van der Waals surface area contributed by atoms with Crippen LogP contribution in [-0.2, 0) is 17.8 Å². The molecule has 0 aromatic heterocycles. The summed E-state index contributed by atoms with van der Waals surface area (Å²) in [6, 6.07) is 10.9. The highest BCUT2D eigenvalue weighted by molar-refractivity contribution is 6.01. The fourth-order valence-electron chi connectivity index (χ4n) is 2.85. The SMILES string of the molecule is O=C1Cc2cc(C(=O)NCc3ccc4c(c3)OCCO4)ccc2N1. The van der Waals surface area contributed by atoms with Gasteiger partial charge in [-0.1, -0.05) is 6.07 Å². The molecule has 2 aromatic rings. The van der Waals surface area contributed by atoms with Crippen LogP contribution in [0.3, 0.4) is 0 Å². The normalized spacial score (nSPS) is 14.8. The number of fused-ring (bicyclic) bond motifs is 2. The molecule has 0 saturated carbocycles. The van der Waals surface area contributed by atoms with Crippen LogP contribution in [0.2, 0.25) is 0 Å². The smallest absolute Gasteiger partial charge is 0.251 e. The molecule has 0 bridgehead atoms. The van der Waals surface area contributed by atoms with Gasteiger partial charge in [0.05, 0.1) is 6.42 Å². The van der Waals surface area contributed by atoms with E-state index in [1.807, 2.05) is 18.2 Å². The first kappa shape index (κ1) is 14.6. The monoisotopic (exact) mass is 324 g/mol. The first-order chi connectivity index (χ1) is 11.7. The molecule has 0 spiro atoms. The molecular weight excluding hydrogens is 308 g/mol. The number of nitrogens with one attached hydrogen (secondary N) is 2. The van der Waals surface area contributed by atoms with Crippen molar-refractivity contribution in [2.24, 2.45) is 0 Å². The summed E-state index contributed by atoms with van der Waals surface area (Å²) < 4.78 is 11.0. The van der Waals surface area contributed by atoms with Gasteiger partial charge in [-0.15, -0.1) is 0 Å². The molecule has 2 N–H and O–H groups in total. The lowest BCUT2D eigenvalue weighted by Crippen LogP contribution is -2.23. The van der Waals surface area contributed by atoms with E-state index in [-0.39, 0.29) is 11.8 Å². The van der Waals surface area contributed by atoms with Crippen molar-refractivity contribution in [1.29, 1.82) is 0 Å². The van der Waals surface area contributed by atoms with E-state index in [2.05, 4.69) is 10.6 Å². The second-order valence-corrected chi connectivity index (χ2v) is 5.76. The zero-order valence-electron chi connectivity index (χ0n) is 12.9. The summed E-state index contributed by atoms with van der Waals surface area (Å²) in [5.41, 5.74) is 3.11. The molecule has 0 saturated heterocycles. The van der Waals surface area contributed by atoms with Gasteiger partial charge in [0.1, 0.15) is 13.2 Å². The van der Waals surface area contributed by atoms with Crippen molar-refractivity contribution in [3.63, 3.8) is 0 Å². The lowest BCUT2D eigenvalue weighted by molar-refractivity contribution is -0.115. The molecule has 4 rings (SSSR count). The molecule has 0 fully saturated rings. The lowest BCUT2D eigenvalue weighted by atomic mass is 10.1. The van der Waals surface area contributed by atoms with Crippen molar-refractivity contribution in [3.8, 4) is 11.5 Å². The number of hydrogen-bond donors (Lipinski definition) is 2. The summed E-state index contributed by atoms with van der Waals surface area (Å²) >= 11 is 0. The number of carbonyl (C=O) groups excluding carboxylic acids is 2. The first-order valence-corrected chi connectivity index (χ1v) is 7.78. The number of benzene rings is 2. The van der Waals surface area contributed by atoms with Crippen LogP contribution >= 0.6 is 0 Å². The summed E-state index contributed by atoms with van der Waals surface area (Å²) in [5.74, 6) is 1.22. The van der Waals surface area contributed by atoms with E-state index in [1.54, 1.807) is 18.2 Å². The molecule has 6 heteroatoms. The molecule has 0 unspecified atom stereocenters. The molecule has 2 heterocycles. The van der Waals surface area contributed by atoms with Crippen LogP contribution < -0.4 is 20.1 Å². The molecule has 2 amide bonds.